The fourth-order valence-corrected chi connectivity index (χ4v) is 2.96. The highest BCUT2D eigenvalue weighted by atomic mass is 16.5. The minimum Gasteiger partial charge on any atom is -0.493 e. The van der Waals surface area contributed by atoms with Crippen molar-refractivity contribution in [2.75, 3.05) is 6.61 Å². The minimum atomic E-state index is 0.532. The van der Waals surface area contributed by atoms with E-state index >= 15 is 0 Å². The highest BCUT2D eigenvalue weighted by molar-refractivity contribution is 5.42. The van der Waals surface area contributed by atoms with E-state index in [1.807, 2.05) is 18.3 Å². The summed E-state index contributed by atoms with van der Waals surface area (Å²) in [5.74, 6) is 1.92. The lowest BCUT2D eigenvalue weighted by Gasteiger charge is -2.61. The zero-order valence-corrected chi connectivity index (χ0v) is 8.97. The third kappa shape index (κ3) is 1.10. The van der Waals surface area contributed by atoms with Crippen molar-refractivity contribution in [3.63, 3.8) is 0 Å². The van der Waals surface area contributed by atoms with Crippen molar-refractivity contribution in [1.82, 2.24) is 14.6 Å². The van der Waals surface area contributed by atoms with Crippen LogP contribution in [0, 0.1) is 11.3 Å². The van der Waals surface area contributed by atoms with Crippen molar-refractivity contribution < 1.29 is 4.74 Å². The van der Waals surface area contributed by atoms with Gasteiger partial charge in [-0.1, -0.05) is 0 Å². The molecule has 0 unspecified atom stereocenters. The van der Waals surface area contributed by atoms with Crippen molar-refractivity contribution in [2.24, 2.45) is 11.3 Å². The molecule has 4 nitrogen and oxygen atoms in total. The SMILES string of the molecule is c1nc2cc(OCC34CC(C3)C4)ccn2n1. The lowest BCUT2D eigenvalue weighted by atomic mass is 9.45. The molecule has 2 bridgehead atoms. The predicted molar refractivity (Wildman–Crippen MR) is 58.3 cm³/mol. The standard InChI is InChI=1S/C12H13N3O/c1-2-15-11(13-8-14-15)3-10(1)16-7-12-4-9(5-12)6-12/h1-3,8-9H,4-7H2. The first-order chi connectivity index (χ1) is 7.83. The highest BCUT2D eigenvalue weighted by Crippen LogP contribution is 2.64. The largest absolute Gasteiger partial charge is 0.493 e. The molecule has 0 radical (unpaired) electrons. The van der Waals surface area contributed by atoms with Crippen LogP contribution in [-0.2, 0) is 0 Å². The summed E-state index contributed by atoms with van der Waals surface area (Å²) in [6.45, 7) is 0.869. The summed E-state index contributed by atoms with van der Waals surface area (Å²) in [6, 6.07) is 3.89. The van der Waals surface area contributed by atoms with Crippen molar-refractivity contribution in [2.45, 2.75) is 19.3 Å². The van der Waals surface area contributed by atoms with E-state index in [4.69, 9.17) is 4.74 Å². The van der Waals surface area contributed by atoms with Crippen LogP contribution in [-0.4, -0.2) is 21.2 Å². The number of ether oxygens (including phenoxy) is 1. The molecule has 2 heterocycles. The van der Waals surface area contributed by atoms with Gasteiger partial charge >= 0.3 is 0 Å². The highest BCUT2D eigenvalue weighted by Gasteiger charge is 2.56. The third-order valence-electron chi connectivity index (χ3n) is 3.96. The predicted octanol–water partition coefficient (Wildman–Crippen LogP) is 1.91. The lowest BCUT2D eigenvalue weighted by Crippen LogP contribution is -2.55. The van der Waals surface area contributed by atoms with E-state index in [1.165, 1.54) is 19.3 Å². The summed E-state index contributed by atoms with van der Waals surface area (Å²) in [5, 5.41) is 4.05. The summed E-state index contributed by atoms with van der Waals surface area (Å²) in [5.41, 5.74) is 1.37. The minimum absolute atomic E-state index is 0.532. The number of hydrogen-bond acceptors (Lipinski definition) is 3. The Morgan fingerprint density at radius 1 is 1.44 bits per heavy atom. The van der Waals surface area contributed by atoms with Gasteiger partial charge in [0, 0.05) is 17.7 Å². The molecule has 3 aliphatic rings. The summed E-state index contributed by atoms with van der Waals surface area (Å²) in [4.78, 5) is 4.14. The molecule has 2 aromatic rings. The summed E-state index contributed by atoms with van der Waals surface area (Å²) in [6.07, 6.45) is 7.57. The van der Waals surface area contributed by atoms with Gasteiger partial charge in [0.1, 0.15) is 12.1 Å². The van der Waals surface area contributed by atoms with Gasteiger partial charge in [0.05, 0.1) is 6.61 Å². The second-order valence-electron chi connectivity index (χ2n) is 5.19. The van der Waals surface area contributed by atoms with Crippen molar-refractivity contribution in [3.05, 3.63) is 24.7 Å². The van der Waals surface area contributed by atoms with E-state index in [-0.39, 0.29) is 0 Å². The summed E-state index contributed by atoms with van der Waals surface area (Å²) in [7, 11) is 0. The van der Waals surface area contributed by atoms with Gasteiger partial charge < -0.3 is 4.74 Å². The lowest BCUT2D eigenvalue weighted by molar-refractivity contribution is -0.131. The van der Waals surface area contributed by atoms with E-state index in [1.54, 1.807) is 10.8 Å². The Labute approximate surface area is 93.2 Å². The topological polar surface area (TPSA) is 39.4 Å². The van der Waals surface area contributed by atoms with Gasteiger partial charge in [-0.3, -0.25) is 0 Å². The Bertz CT molecular complexity index is 531. The molecule has 5 rings (SSSR count). The first-order valence-electron chi connectivity index (χ1n) is 5.75. The fraction of sp³-hybridized carbons (Fsp3) is 0.500. The number of rotatable bonds is 3. The molecule has 0 amide bonds. The van der Waals surface area contributed by atoms with Crippen molar-refractivity contribution in [1.29, 1.82) is 0 Å². The molecule has 0 aromatic carbocycles. The Hall–Kier alpha value is -1.58. The van der Waals surface area contributed by atoms with Gasteiger partial charge in [-0.05, 0) is 31.2 Å². The fourth-order valence-electron chi connectivity index (χ4n) is 2.96. The molecule has 0 spiro atoms. The molecular weight excluding hydrogens is 202 g/mol. The molecule has 0 saturated heterocycles. The maximum Gasteiger partial charge on any atom is 0.158 e. The summed E-state index contributed by atoms with van der Waals surface area (Å²) >= 11 is 0. The Morgan fingerprint density at radius 3 is 3.06 bits per heavy atom. The molecule has 82 valence electrons. The monoisotopic (exact) mass is 215 g/mol. The Morgan fingerprint density at radius 2 is 2.31 bits per heavy atom. The smallest absolute Gasteiger partial charge is 0.158 e. The Kier molecular flexibility index (Phi) is 1.47. The molecule has 3 saturated carbocycles. The van der Waals surface area contributed by atoms with Gasteiger partial charge in [0.2, 0.25) is 0 Å². The average molecular weight is 215 g/mol. The zero-order valence-electron chi connectivity index (χ0n) is 8.97. The maximum atomic E-state index is 5.85. The second kappa shape index (κ2) is 2.75. The molecule has 2 aromatic heterocycles. The molecule has 0 aliphatic heterocycles. The average Bonchev–Trinajstić information content (AvgIpc) is 2.60. The van der Waals surface area contributed by atoms with Gasteiger partial charge in [-0.2, -0.15) is 5.10 Å². The van der Waals surface area contributed by atoms with Crippen LogP contribution < -0.4 is 4.74 Å². The van der Waals surface area contributed by atoms with E-state index in [9.17, 15) is 0 Å². The van der Waals surface area contributed by atoms with Crippen LogP contribution in [0.15, 0.2) is 24.7 Å². The second-order valence-corrected chi connectivity index (χ2v) is 5.19. The zero-order chi connectivity index (χ0) is 10.6. The van der Waals surface area contributed by atoms with Crippen LogP contribution in [0.25, 0.3) is 5.65 Å². The molecule has 0 N–H and O–H groups in total. The molecular formula is C12H13N3O. The van der Waals surface area contributed by atoms with Gasteiger partial charge in [0.15, 0.2) is 5.65 Å². The van der Waals surface area contributed by atoms with Gasteiger partial charge in [-0.25, -0.2) is 9.50 Å². The van der Waals surface area contributed by atoms with Crippen LogP contribution in [0.5, 0.6) is 5.75 Å². The normalized spacial score (nSPS) is 30.9. The van der Waals surface area contributed by atoms with Crippen LogP contribution in [0.4, 0.5) is 0 Å². The van der Waals surface area contributed by atoms with Crippen molar-refractivity contribution in [3.8, 4) is 5.75 Å². The first-order valence-corrected chi connectivity index (χ1v) is 5.75. The maximum absolute atomic E-state index is 5.85. The quantitative estimate of drug-likeness (QED) is 0.785. The number of fused-ring (bicyclic) bond motifs is 1. The van der Waals surface area contributed by atoms with Crippen LogP contribution in [0.2, 0.25) is 0 Å². The van der Waals surface area contributed by atoms with E-state index in [0.717, 1.165) is 23.9 Å². The molecule has 3 aliphatic carbocycles. The molecule has 4 heteroatoms. The number of aromatic nitrogens is 3. The molecule has 0 atom stereocenters. The van der Waals surface area contributed by atoms with E-state index in [2.05, 4.69) is 10.1 Å². The van der Waals surface area contributed by atoms with Crippen molar-refractivity contribution >= 4 is 5.65 Å². The third-order valence-corrected chi connectivity index (χ3v) is 3.96. The summed E-state index contributed by atoms with van der Waals surface area (Å²) < 4.78 is 7.59. The molecule has 3 fully saturated rings. The van der Waals surface area contributed by atoms with E-state index in [0.29, 0.717) is 5.41 Å². The first kappa shape index (κ1) is 8.56. The van der Waals surface area contributed by atoms with Gasteiger partial charge in [0.25, 0.3) is 0 Å². The molecule has 16 heavy (non-hydrogen) atoms. The van der Waals surface area contributed by atoms with Crippen LogP contribution in [0.1, 0.15) is 19.3 Å². The van der Waals surface area contributed by atoms with Gasteiger partial charge in [-0.15, -0.1) is 0 Å². The van der Waals surface area contributed by atoms with E-state index < -0.39 is 0 Å². The number of nitrogens with zero attached hydrogens (tertiary/aromatic N) is 3. The Balaban J connectivity index is 1.52. The number of hydrogen-bond donors (Lipinski definition) is 0. The number of pyridine rings is 1. The van der Waals surface area contributed by atoms with Crippen LogP contribution in [0.3, 0.4) is 0 Å². The van der Waals surface area contributed by atoms with Crippen LogP contribution >= 0.6 is 0 Å².